The second-order valence-electron chi connectivity index (χ2n) is 6.58. The number of hydrogen-bond acceptors (Lipinski definition) is 3. The first-order chi connectivity index (χ1) is 13.2. The van der Waals surface area contributed by atoms with Gasteiger partial charge >= 0.3 is 5.97 Å². The number of amides is 1. The molecule has 2 heterocycles. The summed E-state index contributed by atoms with van der Waals surface area (Å²) >= 11 is 0. The van der Waals surface area contributed by atoms with Gasteiger partial charge in [0.25, 0.3) is 5.91 Å². The smallest absolute Gasteiger partial charge is 0.328 e. The van der Waals surface area contributed by atoms with Crippen LogP contribution >= 0.6 is 0 Å². The van der Waals surface area contributed by atoms with Crippen molar-refractivity contribution in [2.24, 2.45) is 0 Å². The van der Waals surface area contributed by atoms with Crippen molar-refractivity contribution in [1.29, 1.82) is 0 Å². The summed E-state index contributed by atoms with van der Waals surface area (Å²) in [7, 11) is 1.36. The third kappa shape index (κ3) is 3.24. The van der Waals surface area contributed by atoms with E-state index in [0.717, 1.165) is 16.8 Å². The van der Waals surface area contributed by atoms with E-state index in [9.17, 15) is 9.59 Å². The van der Waals surface area contributed by atoms with E-state index in [0.29, 0.717) is 18.5 Å². The van der Waals surface area contributed by atoms with Crippen LogP contribution in [-0.2, 0) is 22.5 Å². The number of aromatic nitrogens is 1. The number of methoxy groups -OCH3 is 1. The average Bonchev–Trinajstić information content (AvgIpc) is 3.26. The van der Waals surface area contributed by atoms with Crippen LogP contribution in [0.1, 0.15) is 21.5 Å². The summed E-state index contributed by atoms with van der Waals surface area (Å²) in [6.45, 7) is 0.397. The zero-order valence-electron chi connectivity index (χ0n) is 15.0. The Morgan fingerprint density at radius 2 is 1.59 bits per heavy atom. The molecule has 1 unspecified atom stereocenters. The Balaban J connectivity index is 1.63. The number of rotatable bonds is 3. The lowest BCUT2D eigenvalue weighted by Gasteiger charge is -2.35. The molecular weight excluding hydrogens is 340 g/mol. The standard InChI is InChI=1S/C22H20N2O3/c1-27-22(26)20-14-17-6-2-3-7-18(17)15-24(20)21(25)16-8-10-19(11-9-16)23-12-4-5-13-23/h2-13,20H,14-15H2,1H3. The highest BCUT2D eigenvalue weighted by atomic mass is 16.5. The highest BCUT2D eigenvalue weighted by Gasteiger charge is 2.35. The van der Waals surface area contributed by atoms with Crippen molar-refractivity contribution in [2.75, 3.05) is 7.11 Å². The van der Waals surface area contributed by atoms with Crippen LogP contribution in [0.15, 0.2) is 73.1 Å². The number of nitrogens with zero attached hydrogens (tertiary/aromatic N) is 2. The molecule has 1 aromatic heterocycles. The normalized spacial score (nSPS) is 15.9. The lowest BCUT2D eigenvalue weighted by atomic mass is 9.93. The van der Waals surface area contributed by atoms with Crippen LogP contribution in [0.2, 0.25) is 0 Å². The van der Waals surface area contributed by atoms with E-state index >= 15 is 0 Å². The van der Waals surface area contributed by atoms with E-state index in [-0.39, 0.29) is 11.9 Å². The van der Waals surface area contributed by atoms with Crippen LogP contribution in [0.3, 0.4) is 0 Å². The number of carbonyl (C=O) groups is 2. The van der Waals surface area contributed by atoms with Gasteiger partial charge in [-0.1, -0.05) is 24.3 Å². The van der Waals surface area contributed by atoms with E-state index in [4.69, 9.17) is 4.74 Å². The summed E-state index contributed by atoms with van der Waals surface area (Å²) in [5, 5.41) is 0. The molecule has 1 amide bonds. The van der Waals surface area contributed by atoms with Gasteiger partial charge in [-0.15, -0.1) is 0 Å². The minimum Gasteiger partial charge on any atom is -0.467 e. The van der Waals surface area contributed by atoms with Crippen LogP contribution < -0.4 is 0 Å². The fraction of sp³-hybridized carbons (Fsp3) is 0.182. The Hall–Kier alpha value is -3.34. The predicted octanol–water partition coefficient (Wildman–Crippen LogP) is 3.22. The Morgan fingerprint density at radius 1 is 0.926 bits per heavy atom. The maximum absolute atomic E-state index is 13.1. The predicted molar refractivity (Wildman–Crippen MR) is 102 cm³/mol. The minimum atomic E-state index is -0.610. The van der Waals surface area contributed by atoms with Gasteiger partial charge in [0, 0.05) is 36.6 Å². The summed E-state index contributed by atoms with van der Waals surface area (Å²) in [4.78, 5) is 27.1. The maximum Gasteiger partial charge on any atom is 0.328 e. The van der Waals surface area contributed by atoms with Crippen LogP contribution in [0.4, 0.5) is 0 Å². The van der Waals surface area contributed by atoms with E-state index in [1.807, 2.05) is 65.5 Å². The first-order valence-corrected chi connectivity index (χ1v) is 8.86. The van der Waals surface area contributed by atoms with Crippen molar-refractivity contribution < 1.29 is 14.3 Å². The molecule has 0 spiro atoms. The molecule has 0 saturated heterocycles. The van der Waals surface area contributed by atoms with Gasteiger partial charge in [0.15, 0.2) is 0 Å². The van der Waals surface area contributed by atoms with Crippen molar-refractivity contribution in [3.05, 3.63) is 89.7 Å². The molecule has 5 nitrogen and oxygen atoms in total. The van der Waals surface area contributed by atoms with Gasteiger partial charge in [0.1, 0.15) is 6.04 Å². The molecule has 0 N–H and O–H groups in total. The third-order valence-electron chi connectivity index (χ3n) is 5.00. The molecule has 0 bridgehead atoms. The minimum absolute atomic E-state index is 0.168. The molecule has 2 aromatic carbocycles. The lowest BCUT2D eigenvalue weighted by molar-refractivity contribution is -0.146. The number of carbonyl (C=O) groups excluding carboxylic acids is 2. The quantitative estimate of drug-likeness (QED) is 0.674. The fourth-order valence-electron chi connectivity index (χ4n) is 3.53. The molecule has 3 aromatic rings. The number of benzene rings is 2. The van der Waals surface area contributed by atoms with Crippen LogP contribution in [0.25, 0.3) is 5.69 Å². The molecule has 0 fully saturated rings. The summed E-state index contributed by atoms with van der Waals surface area (Å²) in [5.41, 5.74) is 3.68. The summed E-state index contributed by atoms with van der Waals surface area (Å²) < 4.78 is 6.93. The number of esters is 1. The zero-order valence-corrected chi connectivity index (χ0v) is 15.0. The van der Waals surface area contributed by atoms with Gasteiger partial charge < -0.3 is 14.2 Å². The number of hydrogen-bond donors (Lipinski definition) is 0. The van der Waals surface area contributed by atoms with Crippen LogP contribution in [0.5, 0.6) is 0 Å². The van der Waals surface area contributed by atoms with Crippen molar-refractivity contribution in [3.63, 3.8) is 0 Å². The van der Waals surface area contributed by atoms with Gasteiger partial charge in [-0.3, -0.25) is 4.79 Å². The summed E-state index contributed by atoms with van der Waals surface area (Å²) in [6, 6.07) is 18.6. The lowest BCUT2D eigenvalue weighted by Crippen LogP contribution is -2.49. The molecule has 1 atom stereocenters. The van der Waals surface area contributed by atoms with Crippen molar-refractivity contribution in [1.82, 2.24) is 9.47 Å². The Bertz CT molecular complexity index is 961. The monoisotopic (exact) mass is 360 g/mol. The number of ether oxygens (including phenoxy) is 1. The Kier molecular flexibility index (Phi) is 4.50. The molecule has 27 heavy (non-hydrogen) atoms. The highest BCUT2D eigenvalue weighted by molar-refractivity contribution is 5.97. The van der Waals surface area contributed by atoms with E-state index in [1.165, 1.54) is 7.11 Å². The molecule has 0 radical (unpaired) electrons. The van der Waals surface area contributed by atoms with Crippen molar-refractivity contribution in [2.45, 2.75) is 19.0 Å². The summed E-state index contributed by atoms with van der Waals surface area (Å²) in [6.07, 6.45) is 4.37. The molecule has 1 aliphatic rings. The first kappa shape index (κ1) is 17.1. The molecule has 4 rings (SSSR count). The molecule has 5 heteroatoms. The van der Waals surface area contributed by atoms with Gasteiger partial charge in [0.05, 0.1) is 7.11 Å². The van der Waals surface area contributed by atoms with E-state index in [2.05, 4.69) is 0 Å². The van der Waals surface area contributed by atoms with E-state index < -0.39 is 6.04 Å². The third-order valence-corrected chi connectivity index (χ3v) is 5.00. The van der Waals surface area contributed by atoms with Gasteiger partial charge in [-0.2, -0.15) is 0 Å². The maximum atomic E-state index is 13.1. The SMILES string of the molecule is COC(=O)C1Cc2ccccc2CN1C(=O)c1ccc(-n2cccc2)cc1. The molecule has 136 valence electrons. The van der Waals surface area contributed by atoms with Crippen LogP contribution in [0, 0.1) is 0 Å². The second kappa shape index (κ2) is 7.11. The van der Waals surface area contributed by atoms with Crippen molar-refractivity contribution in [3.8, 4) is 5.69 Å². The van der Waals surface area contributed by atoms with Gasteiger partial charge in [-0.05, 0) is 47.5 Å². The largest absolute Gasteiger partial charge is 0.467 e. The fourth-order valence-corrected chi connectivity index (χ4v) is 3.53. The first-order valence-electron chi connectivity index (χ1n) is 8.86. The zero-order chi connectivity index (χ0) is 18.8. The highest BCUT2D eigenvalue weighted by Crippen LogP contribution is 2.26. The van der Waals surface area contributed by atoms with Gasteiger partial charge in [-0.25, -0.2) is 4.79 Å². The second-order valence-corrected chi connectivity index (χ2v) is 6.58. The van der Waals surface area contributed by atoms with Gasteiger partial charge in [0.2, 0.25) is 0 Å². The van der Waals surface area contributed by atoms with Crippen molar-refractivity contribution >= 4 is 11.9 Å². The number of fused-ring (bicyclic) bond motifs is 1. The molecule has 0 aliphatic carbocycles. The molecule has 1 aliphatic heterocycles. The Labute approximate surface area is 157 Å². The molecule has 0 saturated carbocycles. The Morgan fingerprint density at radius 3 is 2.26 bits per heavy atom. The average molecular weight is 360 g/mol. The van der Waals surface area contributed by atoms with E-state index in [1.54, 1.807) is 17.0 Å². The summed E-state index contributed by atoms with van der Waals surface area (Å²) in [5.74, 6) is -0.555. The van der Waals surface area contributed by atoms with Crippen LogP contribution in [-0.4, -0.2) is 34.5 Å². The topological polar surface area (TPSA) is 51.5 Å². The molecular formula is C22H20N2O3.